The molecule has 8 heteroatoms. The maximum Gasteiger partial charge on any atom is 0.330 e. The van der Waals surface area contributed by atoms with E-state index in [0.29, 0.717) is 0 Å². The molecule has 0 aliphatic rings. The number of nitrogens with zero attached hydrogens (tertiary/aromatic N) is 2. The molecule has 0 aliphatic heterocycles. The van der Waals surface area contributed by atoms with Crippen molar-refractivity contribution in [3.63, 3.8) is 0 Å². The predicted octanol–water partition coefficient (Wildman–Crippen LogP) is 1.61. The zero-order valence-electron chi connectivity index (χ0n) is 8.80. The third-order valence-electron chi connectivity index (χ3n) is 2.15. The van der Waals surface area contributed by atoms with E-state index in [4.69, 9.17) is 26.9 Å². The maximum absolute atomic E-state index is 13.5. The highest BCUT2D eigenvalue weighted by atomic mass is 35.5. The first-order chi connectivity index (χ1) is 8.50. The molecule has 1 aromatic carbocycles. The van der Waals surface area contributed by atoms with Crippen LogP contribution in [0, 0.1) is 5.82 Å². The van der Waals surface area contributed by atoms with Gasteiger partial charge in [-0.2, -0.15) is 0 Å². The van der Waals surface area contributed by atoms with Gasteiger partial charge in [0.15, 0.2) is 6.04 Å². The van der Waals surface area contributed by atoms with Gasteiger partial charge in [0.25, 0.3) is 5.89 Å². The number of carbonyl (C=O) groups is 1. The fourth-order valence-corrected chi connectivity index (χ4v) is 1.51. The van der Waals surface area contributed by atoms with Crippen LogP contribution in [0.5, 0.6) is 0 Å². The zero-order valence-corrected chi connectivity index (χ0v) is 9.56. The van der Waals surface area contributed by atoms with Crippen molar-refractivity contribution < 1.29 is 18.7 Å². The largest absolute Gasteiger partial charge is 0.480 e. The number of carboxylic acids is 1. The van der Waals surface area contributed by atoms with Gasteiger partial charge >= 0.3 is 5.97 Å². The van der Waals surface area contributed by atoms with Crippen LogP contribution < -0.4 is 5.73 Å². The molecule has 1 atom stereocenters. The number of nitrogens with two attached hydrogens (primary N) is 1. The summed E-state index contributed by atoms with van der Waals surface area (Å²) in [5.74, 6) is -2.52. The van der Waals surface area contributed by atoms with Crippen LogP contribution >= 0.6 is 11.6 Å². The molecule has 18 heavy (non-hydrogen) atoms. The van der Waals surface area contributed by atoms with Crippen LogP contribution in [0.3, 0.4) is 0 Å². The van der Waals surface area contributed by atoms with Crippen molar-refractivity contribution >= 4 is 17.6 Å². The van der Waals surface area contributed by atoms with E-state index in [-0.39, 0.29) is 22.4 Å². The number of hydrogen-bond donors (Lipinski definition) is 2. The summed E-state index contributed by atoms with van der Waals surface area (Å²) in [4.78, 5) is 10.6. The number of carboxylic acid groups (broad SMARTS) is 1. The molecule has 1 aromatic heterocycles. The van der Waals surface area contributed by atoms with E-state index in [1.54, 1.807) is 0 Å². The normalized spacial score (nSPS) is 12.4. The van der Waals surface area contributed by atoms with E-state index < -0.39 is 17.8 Å². The van der Waals surface area contributed by atoms with Crippen molar-refractivity contribution in [3.05, 3.63) is 34.9 Å². The van der Waals surface area contributed by atoms with Crippen molar-refractivity contribution in [1.82, 2.24) is 10.2 Å². The van der Waals surface area contributed by atoms with E-state index in [2.05, 4.69) is 10.2 Å². The third kappa shape index (κ3) is 2.18. The summed E-state index contributed by atoms with van der Waals surface area (Å²) in [6.45, 7) is 0. The number of rotatable bonds is 3. The van der Waals surface area contributed by atoms with Crippen LogP contribution in [0.25, 0.3) is 11.5 Å². The van der Waals surface area contributed by atoms with Crippen molar-refractivity contribution in [1.29, 1.82) is 0 Å². The highest BCUT2D eigenvalue weighted by Gasteiger charge is 2.23. The van der Waals surface area contributed by atoms with Crippen LogP contribution in [0.1, 0.15) is 11.9 Å². The Kier molecular flexibility index (Phi) is 3.26. The van der Waals surface area contributed by atoms with Crippen molar-refractivity contribution in [2.24, 2.45) is 5.73 Å². The Morgan fingerprint density at radius 3 is 2.83 bits per heavy atom. The molecule has 0 aliphatic carbocycles. The Morgan fingerprint density at radius 1 is 1.50 bits per heavy atom. The molecule has 0 saturated carbocycles. The standard InChI is InChI=1S/C10H7ClFN3O3/c11-4-2-1-3-5(12)6(4)8-14-15-9(18-8)7(13)10(16)17/h1-3,7H,13H2,(H,16,17). The fraction of sp³-hybridized carbons (Fsp3) is 0.100. The molecule has 94 valence electrons. The minimum atomic E-state index is -1.46. The molecule has 0 fully saturated rings. The van der Waals surface area contributed by atoms with Crippen LogP contribution in [-0.2, 0) is 4.79 Å². The quantitative estimate of drug-likeness (QED) is 0.879. The molecule has 6 nitrogen and oxygen atoms in total. The Balaban J connectivity index is 2.44. The van der Waals surface area contributed by atoms with Crippen LogP contribution in [-0.4, -0.2) is 21.3 Å². The SMILES string of the molecule is NC(C(=O)O)c1nnc(-c2c(F)cccc2Cl)o1. The highest BCUT2D eigenvalue weighted by Crippen LogP contribution is 2.30. The van der Waals surface area contributed by atoms with E-state index >= 15 is 0 Å². The molecule has 0 amide bonds. The topological polar surface area (TPSA) is 102 Å². The molecule has 0 saturated heterocycles. The van der Waals surface area contributed by atoms with E-state index in [1.807, 2.05) is 0 Å². The Labute approximate surface area is 105 Å². The lowest BCUT2D eigenvalue weighted by atomic mass is 10.2. The van der Waals surface area contributed by atoms with Gasteiger partial charge in [-0.1, -0.05) is 17.7 Å². The number of aromatic nitrogens is 2. The second kappa shape index (κ2) is 4.71. The zero-order chi connectivity index (χ0) is 13.3. The van der Waals surface area contributed by atoms with Crippen LogP contribution in [0.15, 0.2) is 22.6 Å². The lowest BCUT2D eigenvalue weighted by Crippen LogP contribution is -2.20. The molecule has 3 N–H and O–H groups in total. The monoisotopic (exact) mass is 271 g/mol. The summed E-state index contributed by atoms with van der Waals surface area (Å²) in [7, 11) is 0. The predicted molar refractivity (Wildman–Crippen MR) is 59.3 cm³/mol. The van der Waals surface area contributed by atoms with Gasteiger partial charge in [0.05, 0.1) is 10.6 Å². The van der Waals surface area contributed by atoms with Crippen molar-refractivity contribution in [2.45, 2.75) is 6.04 Å². The maximum atomic E-state index is 13.5. The van der Waals surface area contributed by atoms with E-state index in [0.717, 1.165) is 0 Å². The average Bonchev–Trinajstić information content (AvgIpc) is 2.77. The molecule has 0 spiro atoms. The minimum absolute atomic E-state index is 0.0779. The molecule has 1 unspecified atom stereocenters. The second-order valence-corrected chi connectivity index (χ2v) is 3.77. The molecular formula is C10H7ClFN3O3. The summed E-state index contributed by atoms with van der Waals surface area (Å²) in [5, 5.41) is 15.7. The molecule has 2 rings (SSSR count). The molecular weight excluding hydrogens is 265 g/mol. The third-order valence-corrected chi connectivity index (χ3v) is 2.46. The van der Waals surface area contributed by atoms with Gasteiger partial charge in [-0.15, -0.1) is 10.2 Å². The molecule has 0 bridgehead atoms. The lowest BCUT2D eigenvalue weighted by Gasteiger charge is -2.01. The van der Waals surface area contributed by atoms with Gasteiger partial charge in [0, 0.05) is 0 Å². The summed E-state index contributed by atoms with van der Waals surface area (Å²) in [5.41, 5.74) is 5.20. The number of aliphatic carboxylic acids is 1. The van der Waals surface area contributed by atoms with Crippen LogP contribution in [0.2, 0.25) is 5.02 Å². The fourth-order valence-electron chi connectivity index (χ4n) is 1.27. The van der Waals surface area contributed by atoms with Gasteiger partial charge in [-0.05, 0) is 12.1 Å². The average molecular weight is 272 g/mol. The van der Waals surface area contributed by atoms with Gasteiger partial charge in [0.1, 0.15) is 5.82 Å². The number of hydrogen-bond acceptors (Lipinski definition) is 5. The van der Waals surface area contributed by atoms with Crippen molar-refractivity contribution in [3.8, 4) is 11.5 Å². The van der Waals surface area contributed by atoms with Crippen molar-refractivity contribution in [2.75, 3.05) is 0 Å². The molecule has 1 heterocycles. The summed E-state index contributed by atoms with van der Waals surface area (Å²) in [6.07, 6.45) is 0. The summed E-state index contributed by atoms with van der Waals surface area (Å²) in [6, 6.07) is 2.57. The summed E-state index contributed by atoms with van der Waals surface area (Å²) >= 11 is 5.80. The Hall–Kier alpha value is -1.99. The Bertz CT molecular complexity index is 582. The van der Waals surface area contributed by atoms with Gasteiger partial charge in [-0.3, -0.25) is 0 Å². The van der Waals surface area contributed by atoms with Crippen LogP contribution in [0.4, 0.5) is 4.39 Å². The van der Waals surface area contributed by atoms with Gasteiger partial charge in [0.2, 0.25) is 5.89 Å². The van der Waals surface area contributed by atoms with E-state index in [1.165, 1.54) is 18.2 Å². The Morgan fingerprint density at radius 2 is 2.22 bits per heavy atom. The first-order valence-electron chi connectivity index (χ1n) is 4.77. The molecule has 0 radical (unpaired) electrons. The van der Waals surface area contributed by atoms with E-state index in [9.17, 15) is 9.18 Å². The highest BCUT2D eigenvalue weighted by molar-refractivity contribution is 6.33. The lowest BCUT2D eigenvalue weighted by molar-refractivity contribution is -0.139. The second-order valence-electron chi connectivity index (χ2n) is 3.36. The molecule has 2 aromatic rings. The number of halogens is 2. The minimum Gasteiger partial charge on any atom is -0.480 e. The summed E-state index contributed by atoms with van der Waals surface area (Å²) < 4.78 is 18.5. The van der Waals surface area contributed by atoms with Gasteiger partial charge < -0.3 is 15.3 Å². The number of benzene rings is 1. The first-order valence-corrected chi connectivity index (χ1v) is 5.14. The van der Waals surface area contributed by atoms with Gasteiger partial charge in [-0.25, -0.2) is 9.18 Å². The smallest absolute Gasteiger partial charge is 0.330 e. The first kappa shape index (κ1) is 12.5.